The van der Waals surface area contributed by atoms with E-state index in [9.17, 15) is 9.50 Å². The van der Waals surface area contributed by atoms with Crippen molar-refractivity contribution >= 4 is 5.69 Å². The van der Waals surface area contributed by atoms with E-state index in [1.165, 1.54) is 6.07 Å². The molecule has 0 spiro atoms. The SMILES string of the molecule is CC(O)CCN(C)c1c(F)cccc1[C@@H](C)N. The molecule has 4 heteroatoms. The first-order valence-electron chi connectivity index (χ1n) is 5.86. The number of rotatable bonds is 5. The fourth-order valence-corrected chi connectivity index (χ4v) is 1.79. The predicted octanol–water partition coefficient (Wildman–Crippen LogP) is 2.05. The quantitative estimate of drug-likeness (QED) is 0.828. The zero-order valence-electron chi connectivity index (χ0n) is 10.7. The normalized spacial score (nSPS) is 14.5. The summed E-state index contributed by atoms with van der Waals surface area (Å²) in [5, 5.41) is 9.25. The van der Waals surface area contributed by atoms with Gasteiger partial charge in [-0.2, -0.15) is 0 Å². The Labute approximate surface area is 102 Å². The number of benzene rings is 1. The van der Waals surface area contributed by atoms with Gasteiger partial charge in [0.05, 0.1) is 11.8 Å². The van der Waals surface area contributed by atoms with Gasteiger partial charge in [-0.05, 0) is 31.9 Å². The lowest BCUT2D eigenvalue weighted by Crippen LogP contribution is -2.25. The molecule has 96 valence electrons. The van der Waals surface area contributed by atoms with E-state index in [-0.39, 0.29) is 18.0 Å². The van der Waals surface area contributed by atoms with Gasteiger partial charge in [-0.3, -0.25) is 0 Å². The van der Waals surface area contributed by atoms with Crippen LogP contribution in [0.2, 0.25) is 0 Å². The Balaban J connectivity index is 2.94. The number of hydrogen-bond donors (Lipinski definition) is 2. The Kier molecular flexibility index (Phi) is 4.90. The Morgan fingerprint density at radius 3 is 2.59 bits per heavy atom. The average molecular weight is 240 g/mol. The van der Waals surface area contributed by atoms with Gasteiger partial charge in [-0.15, -0.1) is 0 Å². The Bertz CT molecular complexity index is 366. The number of nitrogens with two attached hydrogens (primary N) is 1. The van der Waals surface area contributed by atoms with Gasteiger partial charge in [0.25, 0.3) is 0 Å². The third kappa shape index (κ3) is 3.68. The molecule has 0 fully saturated rings. The summed E-state index contributed by atoms with van der Waals surface area (Å²) in [5.41, 5.74) is 7.16. The van der Waals surface area contributed by atoms with Gasteiger partial charge >= 0.3 is 0 Å². The molecule has 1 rings (SSSR count). The molecule has 17 heavy (non-hydrogen) atoms. The average Bonchev–Trinajstić information content (AvgIpc) is 2.25. The summed E-state index contributed by atoms with van der Waals surface area (Å²) in [7, 11) is 1.81. The standard InChI is InChI=1S/C13H21FN2O/c1-9(17)7-8-16(3)13-11(10(2)15)5-4-6-12(13)14/h4-6,9-10,17H,7-8,15H2,1-3H3/t9?,10-/m1/s1. The first-order valence-corrected chi connectivity index (χ1v) is 5.86. The van der Waals surface area contributed by atoms with Gasteiger partial charge in [0.2, 0.25) is 0 Å². The van der Waals surface area contributed by atoms with Crippen molar-refractivity contribution in [2.24, 2.45) is 5.73 Å². The summed E-state index contributed by atoms with van der Waals surface area (Å²) in [5.74, 6) is -0.270. The first-order chi connectivity index (χ1) is 7.93. The maximum absolute atomic E-state index is 13.8. The maximum Gasteiger partial charge on any atom is 0.146 e. The topological polar surface area (TPSA) is 49.5 Å². The van der Waals surface area contributed by atoms with Crippen LogP contribution in [-0.2, 0) is 0 Å². The summed E-state index contributed by atoms with van der Waals surface area (Å²) in [6.07, 6.45) is 0.214. The smallest absolute Gasteiger partial charge is 0.146 e. The second-order valence-electron chi connectivity index (χ2n) is 4.53. The van der Waals surface area contributed by atoms with E-state index in [1.54, 1.807) is 17.9 Å². The molecular formula is C13H21FN2O. The molecule has 1 aromatic carbocycles. The molecule has 0 saturated heterocycles. The molecule has 3 N–H and O–H groups in total. The lowest BCUT2D eigenvalue weighted by atomic mass is 10.1. The van der Waals surface area contributed by atoms with Gasteiger partial charge in [-0.25, -0.2) is 4.39 Å². The van der Waals surface area contributed by atoms with E-state index in [4.69, 9.17) is 5.73 Å². The van der Waals surface area contributed by atoms with Crippen molar-refractivity contribution < 1.29 is 9.50 Å². The number of aliphatic hydroxyl groups excluding tert-OH is 1. The minimum atomic E-state index is -0.386. The number of hydrogen-bond acceptors (Lipinski definition) is 3. The number of para-hydroxylation sites is 1. The molecule has 2 atom stereocenters. The van der Waals surface area contributed by atoms with Crippen LogP contribution in [0.4, 0.5) is 10.1 Å². The van der Waals surface area contributed by atoms with Crippen LogP contribution in [0, 0.1) is 5.82 Å². The van der Waals surface area contributed by atoms with Crippen molar-refractivity contribution in [1.82, 2.24) is 0 Å². The molecule has 0 saturated carbocycles. The molecule has 0 aliphatic rings. The number of halogens is 1. The summed E-state index contributed by atoms with van der Waals surface area (Å²) < 4.78 is 13.8. The summed E-state index contributed by atoms with van der Waals surface area (Å²) in [6, 6.07) is 4.72. The van der Waals surface area contributed by atoms with E-state index in [0.717, 1.165) is 5.56 Å². The zero-order chi connectivity index (χ0) is 13.0. The molecule has 0 aromatic heterocycles. The zero-order valence-corrected chi connectivity index (χ0v) is 10.7. The number of anilines is 1. The minimum Gasteiger partial charge on any atom is -0.393 e. The molecule has 0 amide bonds. The van der Waals surface area contributed by atoms with Crippen LogP contribution in [0.3, 0.4) is 0 Å². The fraction of sp³-hybridized carbons (Fsp3) is 0.538. The highest BCUT2D eigenvalue weighted by Crippen LogP contribution is 2.27. The van der Waals surface area contributed by atoms with E-state index in [0.29, 0.717) is 18.7 Å². The van der Waals surface area contributed by atoms with Crippen LogP contribution >= 0.6 is 0 Å². The molecule has 0 aliphatic heterocycles. The van der Waals surface area contributed by atoms with Gasteiger partial charge in [0.1, 0.15) is 5.82 Å². The molecular weight excluding hydrogens is 219 g/mol. The highest BCUT2D eigenvalue weighted by molar-refractivity contribution is 5.55. The van der Waals surface area contributed by atoms with E-state index >= 15 is 0 Å². The van der Waals surface area contributed by atoms with Crippen LogP contribution in [0.5, 0.6) is 0 Å². The van der Waals surface area contributed by atoms with Crippen LogP contribution in [0.15, 0.2) is 18.2 Å². The van der Waals surface area contributed by atoms with Gasteiger partial charge in [0.15, 0.2) is 0 Å². The molecule has 0 radical (unpaired) electrons. The Morgan fingerprint density at radius 2 is 2.06 bits per heavy atom. The Morgan fingerprint density at radius 1 is 1.41 bits per heavy atom. The van der Waals surface area contributed by atoms with Crippen molar-refractivity contribution in [3.63, 3.8) is 0 Å². The number of nitrogens with zero attached hydrogens (tertiary/aromatic N) is 1. The van der Waals surface area contributed by atoms with Crippen molar-refractivity contribution in [2.45, 2.75) is 32.4 Å². The lowest BCUT2D eigenvalue weighted by Gasteiger charge is -2.25. The van der Waals surface area contributed by atoms with Crippen molar-refractivity contribution in [3.8, 4) is 0 Å². The third-order valence-corrected chi connectivity index (χ3v) is 2.77. The second kappa shape index (κ2) is 5.98. The Hall–Kier alpha value is -1.13. The molecule has 0 aliphatic carbocycles. The molecule has 0 heterocycles. The van der Waals surface area contributed by atoms with E-state index in [2.05, 4.69) is 0 Å². The number of aliphatic hydroxyl groups is 1. The molecule has 1 aromatic rings. The monoisotopic (exact) mass is 240 g/mol. The third-order valence-electron chi connectivity index (χ3n) is 2.77. The van der Waals surface area contributed by atoms with Crippen molar-refractivity contribution in [2.75, 3.05) is 18.5 Å². The lowest BCUT2D eigenvalue weighted by molar-refractivity contribution is 0.186. The minimum absolute atomic E-state index is 0.213. The molecule has 1 unspecified atom stereocenters. The largest absolute Gasteiger partial charge is 0.393 e. The second-order valence-corrected chi connectivity index (χ2v) is 4.53. The van der Waals surface area contributed by atoms with Gasteiger partial charge in [-0.1, -0.05) is 12.1 Å². The summed E-state index contributed by atoms with van der Waals surface area (Å²) >= 11 is 0. The van der Waals surface area contributed by atoms with Crippen LogP contribution in [-0.4, -0.2) is 24.8 Å². The highest BCUT2D eigenvalue weighted by Gasteiger charge is 2.15. The summed E-state index contributed by atoms with van der Waals surface area (Å²) in [4.78, 5) is 1.81. The van der Waals surface area contributed by atoms with E-state index < -0.39 is 0 Å². The summed E-state index contributed by atoms with van der Waals surface area (Å²) in [6.45, 7) is 4.15. The molecule has 0 bridgehead atoms. The van der Waals surface area contributed by atoms with E-state index in [1.807, 2.05) is 20.0 Å². The van der Waals surface area contributed by atoms with Gasteiger partial charge in [0, 0.05) is 19.6 Å². The van der Waals surface area contributed by atoms with Gasteiger partial charge < -0.3 is 15.7 Å². The van der Waals surface area contributed by atoms with Crippen molar-refractivity contribution in [3.05, 3.63) is 29.6 Å². The predicted molar refractivity (Wildman–Crippen MR) is 68.6 cm³/mol. The van der Waals surface area contributed by atoms with Crippen LogP contribution in [0.25, 0.3) is 0 Å². The fourth-order valence-electron chi connectivity index (χ4n) is 1.79. The first kappa shape index (κ1) is 13.9. The van der Waals surface area contributed by atoms with Crippen molar-refractivity contribution in [1.29, 1.82) is 0 Å². The molecule has 3 nitrogen and oxygen atoms in total. The van der Waals surface area contributed by atoms with Crippen LogP contribution in [0.1, 0.15) is 31.9 Å². The van der Waals surface area contributed by atoms with Crippen LogP contribution < -0.4 is 10.6 Å². The highest BCUT2D eigenvalue weighted by atomic mass is 19.1. The maximum atomic E-state index is 13.8.